The number of pyridine rings is 1. The van der Waals surface area contributed by atoms with Gasteiger partial charge >= 0.3 is 0 Å². The van der Waals surface area contributed by atoms with E-state index in [1.54, 1.807) is 0 Å². The first-order valence-electron chi connectivity index (χ1n) is 7.99. The Labute approximate surface area is 124 Å². The monoisotopic (exact) mass is 277 g/mol. The third-order valence-corrected chi connectivity index (χ3v) is 3.52. The zero-order chi connectivity index (χ0) is 15.0. The van der Waals surface area contributed by atoms with E-state index in [0.717, 1.165) is 13.1 Å². The Hall–Kier alpha value is -1.09. The van der Waals surface area contributed by atoms with Crippen LogP contribution in [0.1, 0.15) is 59.4 Å². The van der Waals surface area contributed by atoms with Crippen molar-refractivity contribution >= 4 is 5.69 Å². The van der Waals surface area contributed by atoms with Crippen molar-refractivity contribution in [1.29, 1.82) is 0 Å². The second-order valence-corrected chi connectivity index (χ2v) is 6.03. The predicted octanol–water partition coefficient (Wildman–Crippen LogP) is 3.98. The van der Waals surface area contributed by atoms with Crippen LogP contribution >= 0.6 is 0 Å². The van der Waals surface area contributed by atoms with Gasteiger partial charge in [-0.2, -0.15) is 0 Å². The van der Waals surface area contributed by atoms with Gasteiger partial charge in [-0.3, -0.25) is 4.98 Å². The third kappa shape index (κ3) is 5.49. The van der Waals surface area contributed by atoms with Gasteiger partial charge < -0.3 is 10.2 Å². The predicted molar refractivity (Wildman–Crippen MR) is 88.2 cm³/mol. The Morgan fingerprint density at radius 2 is 1.95 bits per heavy atom. The maximum Gasteiger partial charge on any atom is 0.0600 e. The second kappa shape index (κ2) is 8.96. The zero-order valence-electron chi connectivity index (χ0n) is 13.8. The molecule has 20 heavy (non-hydrogen) atoms. The van der Waals surface area contributed by atoms with Gasteiger partial charge in [0.25, 0.3) is 0 Å². The number of hydrogen-bond donors (Lipinski definition) is 1. The molecule has 1 N–H and O–H groups in total. The van der Waals surface area contributed by atoms with Crippen molar-refractivity contribution in [3.63, 3.8) is 0 Å². The van der Waals surface area contributed by atoms with Crippen LogP contribution in [0.25, 0.3) is 0 Å². The quantitative estimate of drug-likeness (QED) is 0.692. The molecule has 0 aliphatic rings. The van der Waals surface area contributed by atoms with Crippen LogP contribution in [0.4, 0.5) is 5.69 Å². The molecule has 0 unspecified atom stereocenters. The van der Waals surface area contributed by atoms with Crippen molar-refractivity contribution in [3.8, 4) is 0 Å². The Kier molecular flexibility index (Phi) is 7.60. The summed E-state index contributed by atoms with van der Waals surface area (Å²) in [4.78, 5) is 6.82. The van der Waals surface area contributed by atoms with Crippen LogP contribution in [0.2, 0.25) is 0 Å². The topological polar surface area (TPSA) is 28.2 Å². The lowest BCUT2D eigenvalue weighted by Gasteiger charge is -2.31. The lowest BCUT2D eigenvalue weighted by molar-refractivity contribution is 0.581. The van der Waals surface area contributed by atoms with Crippen molar-refractivity contribution in [2.24, 2.45) is 0 Å². The van der Waals surface area contributed by atoms with E-state index >= 15 is 0 Å². The number of unbranched alkanes of at least 4 members (excludes halogenated alkanes) is 2. The lowest BCUT2D eigenvalue weighted by atomic mass is 10.1. The average Bonchev–Trinajstić information content (AvgIpc) is 2.41. The number of nitrogens with one attached hydrogen (secondary N) is 1. The highest BCUT2D eigenvalue weighted by Crippen LogP contribution is 2.22. The minimum absolute atomic E-state index is 0.503. The van der Waals surface area contributed by atoms with Gasteiger partial charge in [0, 0.05) is 31.4 Å². The molecule has 0 aliphatic heterocycles. The lowest BCUT2D eigenvalue weighted by Crippen LogP contribution is -2.33. The standard InChI is InChI=1S/C17H31N3/c1-6-7-8-11-20(15(4)5)17-13-18-10-9-16(17)12-19-14(2)3/h9-10,13-15,19H,6-8,11-12H2,1-5H3. The fraction of sp³-hybridized carbons (Fsp3) is 0.706. The van der Waals surface area contributed by atoms with Crippen molar-refractivity contribution in [2.45, 2.75) is 72.5 Å². The summed E-state index contributed by atoms with van der Waals surface area (Å²) in [5.41, 5.74) is 2.63. The van der Waals surface area contributed by atoms with Gasteiger partial charge in [-0.05, 0) is 31.9 Å². The Bertz CT molecular complexity index is 374. The molecule has 0 aromatic carbocycles. The van der Waals surface area contributed by atoms with Gasteiger partial charge in [0.15, 0.2) is 0 Å². The van der Waals surface area contributed by atoms with Crippen LogP contribution in [0.5, 0.6) is 0 Å². The van der Waals surface area contributed by atoms with Crippen LogP contribution in [-0.4, -0.2) is 23.6 Å². The molecule has 0 saturated heterocycles. The van der Waals surface area contributed by atoms with Crippen LogP contribution in [0, 0.1) is 0 Å². The minimum atomic E-state index is 0.503. The SMILES string of the molecule is CCCCCN(c1cnccc1CNC(C)C)C(C)C. The van der Waals surface area contributed by atoms with Gasteiger partial charge in [0.1, 0.15) is 0 Å². The van der Waals surface area contributed by atoms with Crippen LogP contribution in [0.15, 0.2) is 18.5 Å². The molecule has 0 aliphatic carbocycles. The number of rotatable bonds is 9. The van der Waals surface area contributed by atoms with E-state index in [-0.39, 0.29) is 0 Å². The van der Waals surface area contributed by atoms with Crippen LogP contribution < -0.4 is 10.2 Å². The van der Waals surface area contributed by atoms with Gasteiger partial charge in [0.2, 0.25) is 0 Å². The third-order valence-electron chi connectivity index (χ3n) is 3.52. The number of anilines is 1. The van der Waals surface area contributed by atoms with Crippen molar-refractivity contribution in [2.75, 3.05) is 11.4 Å². The van der Waals surface area contributed by atoms with Gasteiger partial charge in [-0.25, -0.2) is 0 Å². The second-order valence-electron chi connectivity index (χ2n) is 6.03. The van der Waals surface area contributed by atoms with Gasteiger partial charge in [-0.15, -0.1) is 0 Å². The zero-order valence-corrected chi connectivity index (χ0v) is 13.8. The maximum absolute atomic E-state index is 4.33. The molecule has 114 valence electrons. The fourth-order valence-corrected chi connectivity index (χ4v) is 2.33. The molecule has 3 heteroatoms. The molecular weight excluding hydrogens is 246 g/mol. The molecule has 0 atom stereocenters. The Morgan fingerprint density at radius 1 is 1.20 bits per heavy atom. The highest BCUT2D eigenvalue weighted by molar-refractivity contribution is 5.52. The van der Waals surface area contributed by atoms with Gasteiger partial charge in [0.05, 0.1) is 11.9 Å². The number of hydrogen-bond acceptors (Lipinski definition) is 3. The van der Waals surface area contributed by atoms with E-state index < -0.39 is 0 Å². The Morgan fingerprint density at radius 3 is 2.55 bits per heavy atom. The largest absolute Gasteiger partial charge is 0.368 e. The normalized spacial score (nSPS) is 11.3. The molecule has 3 nitrogen and oxygen atoms in total. The van der Waals surface area contributed by atoms with Crippen molar-refractivity contribution < 1.29 is 0 Å². The average molecular weight is 277 g/mol. The molecule has 0 spiro atoms. The van der Waals surface area contributed by atoms with Gasteiger partial charge in [-0.1, -0.05) is 33.6 Å². The molecule has 1 heterocycles. The number of aromatic nitrogens is 1. The number of nitrogens with zero attached hydrogens (tertiary/aromatic N) is 2. The highest BCUT2D eigenvalue weighted by atomic mass is 15.2. The maximum atomic E-state index is 4.33. The van der Waals surface area contributed by atoms with Crippen LogP contribution in [0.3, 0.4) is 0 Å². The van der Waals surface area contributed by atoms with E-state index in [1.807, 2.05) is 12.4 Å². The first-order valence-corrected chi connectivity index (χ1v) is 7.99. The van der Waals surface area contributed by atoms with Crippen LogP contribution in [-0.2, 0) is 6.54 Å². The fourth-order valence-electron chi connectivity index (χ4n) is 2.33. The summed E-state index contributed by atoms with van der Waals surface area (Å²) in [6, 6.07) is 3.15. The summed E-state index contributed by atoms with van der Waals surface area (Å²) in [6.45, 7) is 13.2. The Balaban J connectivity index is 2.83. The molecule has 0 saturated carbocycles. The molecule has 0 fully saturated rings. The summed E-state index contributed by atoms with van der Waals surface area (Å²) >= 11 is 0. The van der Waals surface area contributed by atoms with Crippen molar-refractivity contribution in [3.05, 3.63) is 24.0 Å². The van der Waals surface area contributed by atoms with E-state index in [4.69, 9.17) is 0 Å². The van der Waals surface area contributed by atoms with E-state index in [2.05, 4.69) is 55.9 Å². The summed E-state index contributed by atoms with van der Waals surface area (Å²) in [5.74, 6) is 0. The summed E-state index contributed by atoms with van der Waals surface area (Å²) < 4.78 is 0. The molecular formula is C17H31N3. The summed E-state index contributed by atoms with van der Waals surface area (Å²) in [7, 11) is 0. The van der Waals surface area contributed by atoms with E-state index in [0.29, 0.717) is 12.1 Å². The molecule has 0 amide bonds. The summed E-state index contributed by atoms with van der Waals surface area (Å²) in [5, 5.41) is 3.51. The minimum Gasteiger partial charge on any atom is -0.368 e. The molecule has 1 aromatic heterocycles. The first kappa shape index (κ1) is 17.0. The van der Waals surface area contributed by atoms with E-state index in [1.165, 1.54) is 30.5 Å². The molecule has 0 radical (unpaired) electrons. The molecule has 1 rings (SSSR count). The molecule has 0 bridgehead atoms. The highest BCUT2D eigenvalue weighted by Gasteiger charge is 2.14. The first-order chi connectivity index (χ1) is 9.56. The summed E-state index contributed by atoms with van der Waals surface area (Å²) in [6.07, 6.45) is 7.72. The molecule has 1 aromatic rings. The van der Waals surface area contributed by atoms with Crippen molar-refractivity contribution in [1.82, 2.24) is 10.3 Å². The smallest absolute Gasteiger partial charge is 0.0600 e. The van der Waals surface area contributed by atoms with E-state index in [9.17, 15) is 0 Å².